The molecule has 1 atom stereocenters. The van der Waals surface area contributed by atoms with Crippen LogP contribution in [0.3, 0.4) is 0 Å². The van der Waals surface area contributed by atoms with Crippen LogP contribution < -0.4 is 10.0 Å². The van der Waals surface area contributed by atoms with Gasteiger partial charge in [0.05, 0.1) is 12.6 Å². The molecule has 122 valence electrons. The van der Waals surface area contributed by atoms with Crippen LogP contribution in [0.15, 0.2) is 39.9 Å². The van der Waals surface area contributed by atoms with Gasteiger partial charge in [0, 0.05) is 0 Å². The number of thiophene rings is 1. The third-order valence-electron chi connectivity index (χ3n) is 3.70. The maximum atomic E-state index is 13.2. The summed E-state index contributed by atoms with van der Waals surface area (Å²) in [5.74, 6) is -0.702. The highest BCUT2D eigenvalue weighted by atomic mass is 32.2. The van der Waals surface area contributed by atoms with Crippen molar-refractivity contribution in [2.45, 2.75) is 23.1 Å². The van der Waals surface area contributed by atoms with E-state index in [0.29, 0.717) is 12.8 Å². The summed E-state index contributed by atoms with van der Waals surface area (Å²) in [6.07, 6.45) is 1.38. The number of benzene rings is 1. The molecule has 2 N–H and O–H groups in total. The van der Waals surface area contributed by atoms with Gasteiger partial charge in [0.15, 0.2) is 0 Å². The molecule has 0 radical (unpaired) electrons. The molecule has 0 unspecified atom stereocenters. The van der Waals surface area contributed by atoms with Crippen molar-refractivity contribution < 1.29 is 17.6 Å². The number of nitrogens with one attached hydrogen (secondary N) is 2. The van der Waals surface area contributed by atoms with E-state index in [9.17, 15) is 17.6 Å². The number of fused-ring (bicyclic) bond motifs is 1. The molecule has 8 heteroatoms. The van der Waals surface area contributed by atoms with Crippen LogP contribution in [0.4, 0.5) is 4.39 Å². The molecule has 1 heterocycles. The Labute approximate surface area is 137 Å². The maximum absolute atomic E-state index is 13.2. The molecule has 1 aromatic carbocycles. The molecule has 5 nitrogen and oxygen atoms in total. The highest BCUT2D eigenvalue weighted by molar-refractivity contribution is 7.91. The van der Waals surface area contributed by atoms with Gasteiger partial charge in [0.25, 0.3) is 10.0 Å². The van der Waals surface area contributed by atoms with E-state index in [0.717, 1.165) is 22.5 Å². The largest absolute Gasteiger partial charge is 0.348 e. The zero-order valence-corrected chi connectivity index (χ0v) is 13.7. The number of hydrogen-bond acceptors (Lipinski definition) is 4. The fourth-order valence-corrected chi connectivity index (χ4v) is 4.65. The number of carbonyl (C=O) groups is 1. The molecule has 3 rings (SSSR count). The van der Waals surface area contributed by atoms with E-state index in [2.05, 4.69) is 10.0 Å². The van der Waals surface area contributed by atoms with Crippen molar-refractivity contribution in [1.82, 2.24) is 10.0 Å². The minimum atomic E-state index is -3.65. The van der Waals surface area contributed by atoms with Crippen LogP contribution in [0, 0.1) is 5.82 Å². The zero-order chi connectivity index (χ0) is 16.4. The second-order valence-electron chi connectivity index (χ2n) is 5.26. The summed E-state index contributed by atoms with van der Waals surface area (Å²) in [6.45, 7) is -0.326. The van der Waals surface area contributed by atoms with Gasteiger partial charge in [-0.2, -0.15) is 0 Å². The van der Waals surface area contributed by atoms with Gasteiger partial charge in [-0.15, -0.1) is 11.3 Å². The molecule has 1 aromatic heterocycles. The third kappa shape index (κ3) is 3.60. The Hall–Kier alpha value is -1.77. The van der Waals surface area contributed by atoms with Gasteiger partial charge < -0.3 is 5.32 Å². The van der Waals surface area contributed by atoms with Gasteiger partial charge in [0.2, 0.25) is 5.91 Å². The molecule has 0 saturated heterocycles. The first-order valence-corrected chi connectivity index (χ1v) is 9.43. The van der Waals surface area contributed by atoms with Crippen LogP contribution in [0.25, 0.3) is 0 Å². The lowest BCUT2D eigenvalue weighted by Gasteiger charge is -2.14. The summed E-state index contributed by atoms with van der Waals surface area (Å²) in [5, 5.41) is 4.44. The van der Waals surface area contributed by atoms with Crippen LogP contribution in [-0.4, -0.2) is 20.9 Å². The Balaban J connectivity index is 1.59. The highest BCUT2D eigenvalue weighted by Crippen LogP contribution is 2.31. The lowest BCUT2D eigenvalue weighted by molar-refractivity contribution is -0.120. The van der Waals surface area contributed by atoms with Gasteiger partial charge in [-0.25, -0.2) is 17.5 Å². The minimum Gasteiger partial charge on any atom is -0.348 e. The molecule has 0 saturated carbocycles. The lowest BCUT2D eigenvalue weighted by Crippen LogP contribution is -2.38. The van der Waals surface area contributed by atoms with Crippen LogP contribution in [-0.2, 0) is 21.2 Å². The van der Waals surface area contributed by atoms with E-state index in [1.54, 1.807) is 17.5 Å². The molecule has 0 spiro atoms. The number of amides is 1. The molecule has 1 amide bonds. The van der Waals surface area contributed by atoms with Crippen LogP contribution in [0.5, 0.6) is 0 Å². The normalized spacial score (nSPS) is 17.0. The molecule has 0 aliphatic heterocycles. The highest BCUT2D eigenvalue weighted by Gasteiger charge is 2.25. The summed E-state index contributed by atoms with van der Waals surface area (Å²) in [5.41, 5.74) is 1.77. The molecular formula is C15H15FN2O3S2. The van der Waals surface area contributed by atoms with Gasteiger partial charge in [-0.3, -0.25) is 4.79 Å². The molecule has 0 bridgehead atoms. The SMILES string of the molecule is O=C(CNS(=O)(=O)c1cccs1)N[C@H]1CCc2cc(F)ccc21. The molecule has 2 aromatic rings. The monoisotopic (exact) mass is 354 g/mol. The lowest BCUT2D eigenvalue weighted by atomic mass is 10.1. The average molecular weight is 354 g/mol. The van der Waals surface area contributed by atoms with Crippen molar-refractivity contribution in [1.29, 1.82) is 0 Å². The average Bonchev–Trinajstić information content (AvgIpc) is 3.16. The van der Waals surface area contributed by atoms with E-state index in [4.69, 9.17) is 0 Å². The first-order chi connectivity index (χ1) is 11.0. The Morgan fingerprint density at radius 2 is 2.17 bits per heavy atom. The summed E-state index contributed by atoms with van der Waals surface area (Å²) >= 11 is 1.09. The van der Waals surface area contributed by atoms with Crippen molar-refractivity contribution in [3.63, 3.8) is 0 Å². The number of carbonyl (C=O) groups excluding carboxylic acids is 1. The summed E-state index contributed by atoms with van der Waals surface area (Å²) in [7, 11) is -3.65. The number of rotatable bonds is 5. The number of hydrogen-bond donors (Lipinski definition) is 2. The van der Waals surface area contributed by atoms with Crippen LogP contribution >= 0.6 is 11.3 Å². The predicted octanol–water partition coefficient (Wildman–Crippen LogP) is 1.97. The Morgan fingerprint density at radius 1 is 1.35 bits per heavy atom. The molecule has 0 fully saturated rings. The standard InChI is InChI=1S/C15H15FN2O3S2/c16-11-4-5-12-10(8-11)3-6-13(12)18-14(19)9-17-23(20,21)15-2-1-7-22-15/h1-2,4-5,7-8,13,17H,3,6,9H2,(H,18,19)/t13-/m0/s1. The fraction of sp³-hybridized carbons (Fsp3) is 0.267. The smallest absolute Gasteiger partial charge is 0.250 e. The zero-order valence-electron chi connectivity index (χ0n) is 12.1. The Kier molecular flexibility index (Phi) is 4.47. The van der Waals surface area contributed by atoms with Gasteiger partial charge in [-0.05, 0) is 47.5 Å². The first-order valence-electron chi connectivity index (χ1n) is 7.06. The maximum Gasteiger partial charge on any atom is 0.250 e. The Bertz CT molecular complexity index is 819. The van der Waals surface area contributed by atoms with E-state index in [1.807, 2.05) is 0 Å². The van der Waals surface area contributed by atoms with E-state index >= 15 is 0 Å². The van der Waals surface area contributed by atoms with E-state index in [-0.39, 0.29) is 22.6 Å². The molecular weight excluding hydrogens is 339 g/mol. The van der Waals surface area contributed by atoms with Crippen molar-refractivity contribution >= 4 is 27.3 Å². The van der Waals surface area contributed by atoms with Gasteiger partial charge >= 0.3 is 0 Å². The van der Waals surface area contributed by atoms with E-state index in [1.165, 1.54) is 18.2 Å². The summed E-state index contributed by atoms with van der Waals surface area (Å²) in [4.78, 5) is 12.0. The van der Waals surface area contributed by atoms with Crippen LogP contribution in [0.1, 0.15) is 23.6 Å². The minimum absolute atomic E-state index is 0.173. The van der Waals surface area contributed by atoms with E-state index < -0.39 is 15.9 Å². The van der Waals surface area contributed by atoms with Gasteiger partial charge in [0.1, 0.15) is 10.0 Å². The molecule has 23 heavy (non-hydrogen) atoms. The van der Waals surface area contributed by atoms with Crippen molar-refractivity contribution in [3.05, 3.63) is 52.7 Å². The number of halogens is 1. The number of aryl methyl sites for hydroxylation is 1. The van der Waals surface area contributed by atoms with Crippen molar-refractivity contribution in [2.24, 2.45) is 0 Å². The summed E-state index contributed by atoms with van der Waals surface area (Å²) < 4.78 is 39.5. The fourth-order valence-electron chi connectivity index (χ4n) is 2.63. The molecule has 1 aliphatic rings. The summed E-state index contributed by atoms with van der Waals surface area (Å²) in [6, 6.07) is 7.41. The van der Waals surface area contributed by atoms with Gasteiger partial charge in [-0.1, -0.05) is 12.1 Å². The predicted molar refractivity (Wildman–Crippen MR) is 85.1 cm³/mol. The second kappa shape index (κ2) is 6.38. The Morgan fingerprint density at radius 3 is 2.91 bits per heavy atom. The number of sulfonamides is 1. The van der Waals surface area contributed by atoms with Crippen molar-refractivity contribution in [2.75, 3.05) is 6.54 Å². The third-order valence-corrected chi connectivity index (χ3v) is 6.50. The topological polar surface area (TPSA) is 75.3 Å². The quantitative estimate of drug-likeness (QED) is 0.862. The molecule has 1 aliphatic carbocycles. The van der Waals surface area contributed by atoms with Crippen LogP contribution in [0.2, 0.25) is 0 Å². The first kappa shape index (κ1) is 16.1. The second-order valence-corrected chi connectivity index (χ2v) is 8.20. The van der Waals surface area contributed by atoms with Crippen molar-refractivity contribution in [3.8, 4) is 0 Å².